The van der Waals surface area contributed by atoms with E-state index in [1.807, 2.05) is 43.0 Å². The molecule has 0 radical (unpaired) electrons. The summed E-state index contributed by atoms with van der Waals surface area (Å²) in [6, 6.07) is 16.0. The second kappa shape index (κ2) is 6.75. The van der Waals surface area contributed by atoms with Gasteiger partial charge in [0.25, 0.3) is 0 Å². The van der Waals surface area contributed by atoms with Crippen LogP contribution in [-0.4, -0.2) is 34.0 Å². The molecule has 2 amide bonds. The van der Waals surface area contributed by atoms with Crippen molar-refractivity contribution in [2.45, 2.75) is 26.2 Å². The molecule has 1 atom stereocenters. The van der Waals surface area contributed by atoms with Gasteiger partial charge in [0.2, 0.25) is 0 Å². The highest BCUT2D eigenvalue weighted by Crippen LogP contribution is 2.27. The number of anilines is 1. The molecule has 5 heteroatoms. The number of hydrogen-bond donors (Lipinski definition) is 1. The van der Waals surface area contributed by atoms with E-state index in [4.69, 9.17) is 0 Å². The maximum atomic E-state index is 12.6. The van der Waals surface area contributed by atoms with Crippen molar-refractivity contribution in [3.05, 3.63) is 65.5 Å². The Hall–Kier alpha value is -2.95. The Morgan fingerprint density at radius 3 is 2.54 bits per heavy atom. The summed E-state index contributed by atoms with van der Waals surface area (Å²) in [5.41, 5.74) is 5.54. The van der Waals surface area contributed by atoms with Crippen molar-refractivity contribution in [1.82, 2.24) is 14.9 Å². The molecule has 0 spiro atoms. The number of amides is 2. The number of hydrogen-bond acceptors (Lipinski definition) is 3. The fourth-order valence-corrected chi connectivity index (χ4v) is 3.45. The molecule has 132 valence electrons. The summed E-state index contributed by atoms with van der Waals surface area (Å²) in [5.74, 6) is 0.412. The van der Waals surface area contributed by atoms with E-state index in [1.54, 1.807) is 0 Å². The van der Waals surface area contributed by atoms with Crippen LogP contribution in [0.3, 0.4) is 0 Å². The summed E-state index contributed by atoms with van der Waals surface area (Å²) >= 11 is 0. The van der Waals surface area contributed by atoms with Gasteiger partial charge >= 0.3 is 6.03 Å². The number of urea groups is 1. The van der Waals surface area contributed by atoms with Crippen LogP contribution in [0.15, 0.2) is 48.5 Å². The quantitative estimate of drug-likeness (QED) is 0.754. The maximum Gasteiger partial charge on any atom is 0.321 e. The van der Waals surface area contributed by atoms with Gasteiger partial charge in [-0.3, -0.25) is 0 Å². The van der Waals surface area contributed by atoms with Crippen molar-refractivity contribution in [1.29, 1.82) is 0 Å². The zero-order valence-corrected chi connectivity index (χ0v) is 15.1. The van der Waals surface area contributed by atoms with Crippen LogP contribution in [-0.2, 0) is 0 Å². The van der Waals surface area contributed by atoms with E-state index in [1.165, 1.54) is 5.56 Å². The molecule has 0 aliphatic carbocycles. The molecule has 0 saturated carbocycles. The summed E-state index contributed by atoms with van der Waals surface area (Å²) in [7, 11) is 0. The highest BCUT2D eigenvalue weighted by atomic mass is 16.2. The lowest BCUT2D eigenvalue weighted by atomic mass is 9.99. The molecule has 1 aromatic heterocycles. The van der Waals surface area contributed by atoms with Gasteiger partial charge < -0.3 is 10.2 Å². The van der Waals surface area contributed by atoms with Gasteiger partial charge in [-0.2, -0.15) is 0 Å². The molecular formula is C21H22N4O. The van der Waals surface area contributed by atoms with Gasteiger partial charge in [-0.15, -0.1) is 0 Å². The van der Waals surface area contributed by atoms with E-state index in [0.29, 0.717) is 5.92 Å². The molecule has 0 bridgehead atoms. The smallest absolute Gasteiger partial charge is 0.321 e. The molecule has 2 aromatic carbocycles. The van der Waals surface area contributed by atoms with E-state index in [-0.39, 0.29) is 6.03 Å². The molecule has 1 aliphatic heterocycles. The van der Waals surface area contributed by atoms with Crippen molar-refractivity contribution < 1.29 is 4.79 Å². The Morgan fingerprint density at radius 1 is 1.04 bits per heavy atom. The lowest BCUT2D eigenvalue weighted by Crippen LogP contribution is -2.32. The second-order valence-electron chi connectivity index (χ2n) is 6.87. The third kappa shape index (κ3) is 3.25. The molecule has 0 unspecified atom stereocenters. The molecule has 1 saturated heterocycles. The van der Waals surface area contributed by atoms with Crippen molar-refractivity contribution in [2.75, 3.05) is 18.4 Å². The van der Waals surface area contributed by atoms with Crippen LogP contribution in [0.4, 0.5) is 10.5 Å². The predicted octanol–water partition coefficient (Wildman–Crippen LogP) is 4.27. The topological polar surface area (TPSA) is 58.1 Å². The molecule has 1 fully saturated rings. The van der Waals surface area contributed by atoms with Crippen LogP contribution in [0.1, 0.15) is 29.3 Å². The second-order valence-corrected chi connectivity index (χ2v) is 6.87. The molecule has 3 aromatic rings. The average Bonchev–Trinajstić information content (AvgIpc) is 3.14. The van der Waals surface area contributed by atoms with Gasteiger partial charge in [-0.25, -0.2) is 14.8 Å². The minimum absolute atomic E-state index is 0.0560. The fourth-order valence-electron chi connectivity index (χ4n) is 3.45. The Bertz CT molecular complexity index is 955. The largest absolute Gasteiger partial charge is 0.324 e. The summed E-state index contributed by atoms with van der Waals surface area (Å²) < 4.78 is 0. The highest BCUT2D eigenvalue weighted by Gasteiger charge is 2.27. The molecule has 1 aliphatic rings. The first-order chi connectivity index (χ1) is 12.6. The van der Waals surface area contributed by atoms with Crippen LogP contribution in [0.25, 0.3) is 11.0 Å². The number of nitrogens with one attached hydrogen (secondary N) is 1. The summed E-state index contributed by atoms with van der Waals surface area (Å²) in [5, 5.41) is 3.00. The minimum Gasteiger partial charge on any atom is -0.324 e. The lowest BCUT2D eigenvalue weighted by Gasteiger charge is -2.18. The number of carbonyl (C=O) groups excluding carboxylic acids is 1. The Kier molecular flexibility index (Phi) is 4.29. The Morgan fingerprint density at radius 2 is 1.77 bits per heavy atom. The molecule has 1 N–H and O–H groups in total. The van der Waals surface area contributed by atoms with Crippen LogP contribution in [0.2, 0.25) is 0 Å². The van der Waals surface area contributed by atoms with E-state index < -0.39 is 0 Å². The third-order valence-electron chi connectivity index (χ3n) is 5.07. The third-order valence-corrected chi connectivity index (χ3v) is 5.07. The van der Waals surface area contributed by atoms with Gasteiger partial charge in [0.15, 0.2) is 0 Å². The summed E-state index contributed by atoms with van der Waals surface area (Å²) in [6.45, 7) is 5.42. The molecule has 5 nitrogen and oxygen atoms in total. The fraction of sp³-hybridized carbons (Fsp3) is 0.286. The number of nitrogens with zero attached hydrogens (tertiary/aromatic N) is 3. The van der Waals surface area contributed by atoms with E-state index in [9.17, 15) is 4.79 Å². The highest BCUT2D eigenvalue weighted by molar-refractivity contribution is 5.92. The van der Waals surface area contributed by atoms with E-state index in [0.717, 1.165) is 47.6 Å². The summed E-state index contributed by atoms with van der Waals surface area (Å²) in [4.78, 5) is 23.6. The van der Waals surface area contributed by atoms with Crippen LogP contribution >= 0.6 is 0 Å². The van der Waals surface area contributed by atoms with Crippen LogP contribution < -0.4 is 5.32 Å². The number of likely N-dealkylation sites (tertiary alicyclic amines) is 1. The van der Waals surface area contributed by atoms with Crippen molar-refractivity contribution in [3.63, 3.8) is 0 Å². The van der Waals surface area contributed by atoms with E-state index >= 15 is 0 Å². The number of aromatic nitrogens is 2. The van der Waals surface area contributed by atoms with Crippen molar-refractivity contribution in [2.24, 2.45) is 0 Å². The molecular weight excluding hydrogens is 324 g/mol. The number of aryl methyl sites for hydroxylation is 2. The lowest BCUT2D eigenvalue weighted by molar-refractivity contribution is 0.222. The predicted molar refractivity (Wildman–Crippen MR) is 103 cm³/mol. The molecule has 4 rings (SSSR count). The van der Waals surface area contributed by atoms with Crippen molar-refractivity contribution in [3.8, 4) is 0 Å². The minimum atomic E-state index is -0.0560. The molecule has 2 heterocycles. The number of carbonyl (C=O) groups is 1. The number of fused-ring (bicyclic) bond motifs is 1. The SMILES string of the molecule is Cc1nc2ccc(NC(=O)N3CC[C@H](c4ccccc4)C3)cc2nc1C. The van der Waals surface area contributed by atoms with Gasteiger partial charge in [0, 0.05) is 24.7 Å². The monoisotopic (exact) mass is 346 g/mol. The van der Waals surface area contributed by atoms with Crippen LogP contribution in [0, 0.1) is 13.8 Å². The normalized spacial score (nSPS) is 16.8. The van der Waals surface area contributed by atoms with E-state index in [2.05, 4.69) is 39.6 Å². The zero-order chi connectivity index (χ0) is 18.1. The number of benzene rings is 2. The Labute approximate surface area is 153 Å². The maximum absolute atomic E-state index is 12.6. The van der Waals surface area contributed by atoms with Gasteiger partial charge in [0.1, 0.15) is 0 Å². The summed E-state index contributed by atoms with van der Waals surface area (Å²) in [6.07, 6.45) is 0.999. The van der Waals surface area contributed by atoms with Gasteiger partial charge in [-0.1, -0.05) is 30.3 Å². The first kappa shape index (κ1) is 16.5. The van der Waals surface area contributed by atoms with Crippen molar-refractivity contribution >= 4 is 22.8 Å². The standard InChI is InChI=1S/C21H22N4O/c1-14-15(2)23-20-12-18(8-9-19(20)22-14)24-21(26)25-11-10-17(13-25)16-6-4-3-5-7-16/h3-9,12,17H,10-11,13H2,1-2H3,(H,24,26)/t17-/m0/s1. The zero-order valence-electron chi connectivity index (χ0n) is 15.1. The average molecular weight is 346 g/mol. The number of rotatable bonds is 2. The molecule has 26 heavy (non-hydrogen) atoms. The van der Waals surface area contributed by atoms with Gasteiger partial charge in [-0.05, 0) is 44.0 Å². The van der Waals surface area contributed by atoms with Gasteiger partial charge in [0.05, 0.1) is 22.4 Å². The Balaban J connectivity index is 1.46. The van der Waals surface area contributed by atoms with Crippen LogP contribution in [0.5, 0.6) is 0 Å². The first-order valence-corrected chi connectivity index (χ1v) is 8.96. The first-order valence-electron chi connectivity index (χ1n) is 8.96.